The number of anilines is 3. The first-order valence-corrected chi connectivity index (χ1v) is 10.4. The van der Waals surface area contributed by atoms with Crippen LogP contribution in [0.2, 0.25) is 5.02 Å². The minimum atomic E-state index is -0.0166. The fourth-order valence-electron chi connectivity index (χ4n) is 4.97. The van der Waals surface area contributed by atoms with Crippen LogP contribution in [0.25, 0.3) is 10.9 Å². The first-order chi connectivity index (χ1) is 14.0. The summed E-state index contributed by atoms with van der Waals surface area (Å²) >= 11 is 6.73. The lowest BCUT2D eigenvalue weighted by Crippen LogP contribution is -2.67. The van der Waals surface area contributed by atoms with Gasteiger partial charge in [-0.15, -0.1) is 0 Å². The van der Waals surface area contributed by atoms with Crippen LogP contribution in [0, 0.1) is 0 Å². The first-order valence-electron chi connectivity index (χ1n) is 10.00. The van der Waals surface area contributed by atoms with E-state index in [1.54, 1.807) is 9.25 Å². The van der Waals surface area contributed by atoms with Crippen molar-refractivity contribution in [1.29, 1.82) is 0 Å². The Hall–Kier alpha value is -2.58. The molecule has 4 aliphatic rings. The summed E-state index contributed by atoms with van der Waals surface area (Å²) in [6.45, 7) is 2.50. The van der Waals surface area contributed by atoms with Crippen molar-refractivity contribution in [2.75, 3.05) is 29.4 Å². The molecule has 7 rings (SSSR count). The fraction of sp³-hybridized carbons (Fsp3) is 0.450. The molecule has 29 heavy (non-hydrogen) atoms. The van der Waals surface area contributed by atoms with Crippen molar-refractivity contribution >= 4 is 39.8 Å². The Morgan fingerprint density at radius 2 is 1.97 bits per heavy atom. The Labute approximate surface area is 172 Å². The summed E-state index contributed by atoms with van der Waals surface area (Å²) in [5, 5.41) is 9.46. The minimum absolute atomic E-state index is 0.0166. The van der Waals surface area contributed by atoms with Crippen molar-refractivity contribution in [3.05, 3.63) is 39.4 Å². The van der Waals surface area contributed by atoms with Gasteiger partial charge in [0.2, 0.25) is 5.95 Å². The van der Waals surface area contributed by atoms with Gasteiger partial charge in [-0.2, -0.15) is 5.10 Å². The number of piperazine rings is 1. The van der Waals surface area contributed by atoms with Gasteiger partial charge in [-0.1, -0.05) is 11.6 Å². The van der Waals surface area contributed by atoms with Gasteiger partial charge in [0.1, 0.15) is 5.69 Å². The van der Waals surface area contributed by atoms with Crippen LogP contribution in [0.4, 0.5) is 17.3 Å². The van der Waals surface area contributed by atoms with Crippen molar-refractivity contribution in [3.8, 4) is 0 Å². The van der Waals surface area contributed by atoms with Crippen molar-refractivity contribution < 1.29 is 0 Å². The van der Waals surface area contributed by atoms with E-state index in [-0.39, 0.29) is 5.56 Å². The lowest BCUT2D eigenvalue weighted by atomic mass is 9.91. The van der Waals surface area contributed by atoms with Crippen molar-refractivity contribution in [2.45, 2.75) is 24.9 Å². The Bertz CT molecular complexity index is 1200. The van der Waals surface area contributed by atoms with Crippen LogP contribution in [0.5, 0.6) is 0 Å². The summed E-state index contributed by atoms with van der Waals surface area (Å²) in [5.74, 6) is 0.778. The SMILES string of the molecule is Cn1cc2c(Cl)c(N3CCc4nc(N5CC6CC(C5)N6)n(C)c(=O)c43)ccc2n1. The van der Waals surface area contributed by atoms with E-state index in [0.29, 0.717) is 29.3 Å². The molecule has 9 heteroatoms. The van der Waals surface area contributed by atoms with E-state index in [0.717, 1.165) is 47.7 Å². The number of nitrogens with zero attached hydrogens (tertiary/aromatic N) is 6. The van der Waals surface area contributed by atoms with Crippen LogP contribution in [0.3, 0.4) is 0 Å². The molecule has 6 heterocycles. The molecule has 2 aromatic heterocycles. The zero-order chi connectivity index (χ0) is 19.9. The van der Waals surface area contributed by atoms with E-state index in [1.807, 2.05) is 37.3 Å². The number of hydrogen-bond donors (Lipinski definition) is 1. The zero-order valence-electron chi connectivity index (χ0n) is 16.4. The molecular weight excluding hydrogens is 390 g/mol. The van der Waals surface area contributed by atoms with E-state index >= 15 is 0 Å². The zero-order valence-corrected chi connectivity index (χ0v) is 17.1. The van der Waals surface area contributed by atoms with E-state index in [9.17, 15) is 4.79 Å². The van der Waals surface area contributed by atoms with Crippen molar-refractivity contribution in [2.24, 2.45) is 14.1 Å². The molecule has 1 N–H and O–H groups in total. The smallest absolute Gasteiger partial charge is 0.278 e. The maximum atomic E-state index is 13.4. The third-order valence-corrected chi connectivity index (χ3v) is 6.77. The van der Waals surface area contributed by atoms with Gasteiger partial charge in [0, 0.05) is 63.8 Å². The average molecular weight is 412 g/mol. The number of aromatic nitrogens is 4. The summed E-state index contributed by atoms with van der Waals surface area (Å²) in [6.07, 6.45) is 3.87. The van der Waals surface area contributed by atoms with Crippen LogP contribution >= 0.6 is 11.6 Å². The largest absolute Gasteiger partial charge is 0.339 e. The van der Waals surface area contributed by atoms with Gasteiger partial charge < -0.3 is 15.1 Å². The predicted octanol–water partition coefficient (Wildman–Crippen LogP) is 1.57. The molecule has 2 unspecified atom stereocenters. The van der Waals surface area contributed by atoms with E-state index in [4.69, 9.17) is 16.6 Å². The van der Waals surface area contributed by atoms with Crippen LogP contribution in [-0.4, -0.2) is 51.0 Å². The molecule has 0 amide bonds. The topological polar surface area (TPSA) is 71.2 Å². The number of fused-ring (bicyclic) bond motifs is 4. The lowest BCUT2D eigenvalue weighted by molar-refractivity contribution is 0.223. The molecule has 8 nitrogen and oxygen atoms in total. The normalized spacial score (nSPS) is 22.9. The molecule has 0 spiro atoms. The van der Waals surface area contributed by atoms with Gasteiger partial charge in [0.25, 0.3) is 5.56 Å². The molecule has 2 atom stereocenters. The monoisotopic (exact) mass is 411 g/mol. The second kappa shape index (κ2) is 5.96. The molecule has 2 bridgehead atoms. The highest BCUT2D eigenvalue weighted by molar-refractivity contribution is 6.38. The maximum Gasteiger partial charge on any atom is 0.278 e. The van der Waals surface area contributed by atoms with Crippen molar-refractivity contribution in [1.82, 2.24) is 24.6 Å². The van der Waals surface area contributed by atoms with Gasteiger partial charge in [0.15, 0.2) is 0 Å². The molecule has 0 saturated carbocycles. The Kier molecular flexibility index (Phi) is 3.56. The molecule has 4 aliphatic heterocycles. The van der Waals surface area contributed by atoms with Crippen LogP contribution in [0.15, 0.2) is 23.1 Å². The second-order valence-corrected chi connectivity index (χ2v) is 8.69. The Balaban J connectivity index is 1.44. The third kappa shape index (κ3) is 2.45. The fourth-order valence-corrected chi connectivity index (χ4v) is 5.28. The molecule has 3 aromatic rings. The highest BCUT2D eigenvalue weighted by Crippen LogP contribution is 2.39. The number of benzene rings is 1. The summed E-state index contributed by atoms with van der Waals surface area (Å²) in [4.78, 5) is 22.5. The van der Waals surface area contributed by atoms with Gasteiger partial charge in [-0.05, 0) is 18.6 Å². The van der Waals surface area contributed by atoms with Gasteiger partial charge in [-0.3, -0.25) is 14.0 Å². The summed E-state index contributed by atoms with van der Waals surface area (Å²) in [5.41, 5.74) is 3.16. The molecular formula is C20H22ClN7O. The predicted molar refractivity (Wildman–Crippen MR) is 113 cm³/mol. The second-order valence-electron chi connectivity index (χ2n) is 8.31. The molecule has 3 saturated heterocycles. The van der Waals surface area contributed by atoms with E-state index in [1.165, 1.54) is 6.42 Å². The summed E-state index contributed by atoms with van der Waals surface area (Å²) < 4.78 is 3.45. The third-order valence-electron chi connectivity index (χ3n) is 6.37. The van der Waals surface area contributed by atoms with E-state index in [2.05, 4.69) is 15.3 Å². The molecule has 150 valence electrons. The quantitative estimate of drug-likeness (QED) is 0.690. The lowest BCUT2D eigenvalue weighted by Gasteiger charge is -2.48. The Morgan fingerprint density at radius 3 is 2.72 bits per heavy atom. The molecule has 0 aliphatic carbocycles. The standard InChI is InChI=1S/C20H22ClN7O/c1-25-10-13-14(24-25)3-4-16(17(13)21)28-6-5-15-18(28)19(29)26(2)20(23-15)27-8-11-7-12(9-27)22-11/h3-4,10-12,22H,5-9H2,1-2H3. The van der Waals surface area contributed by atoms with Crippen LogP contribution < -0.4 is 20.7 Å². The molecule has 0 radical (unpaired) electrons. The number of aryl methyl sites for hydroxylation is 1. The van der Waals surface area contributed by atoms with Crippen LogP contribution in [-0.2, 0) is 20.5 Å². The van der Waals surface area contributed by atoms with Crippen molar-refractivity contribution in [3.63, 3.8) is 0 Å². The highest BCUT2D eigenvalue weighted by atomic mass is 35.5. The number of rotatable bonds is 2. The summed E-state index contributed by atoms with van der Waals surface area (Å²) in [6, 6.07) is 4.93. The Morgan fingerprint density at radius 1 is 1.21 bits per heavy atom. The van der Waals surface area contributed by atoms with E-state index < -0.39 is 0 Å². The molecule has 3 fully saturated rings. The summed E-state index contributed by atoms with van der Waals surface area (Å²) in [7, 11) is 3.70. The van der Waals surface area contributed by atoms with Gasteiger partial charge >= 0.3 is 0 Å². The minimum Gasteiger partial charge on any atom is -0.339 e. The average Bonchev–Trinajstić information content (AvgIpc) is 3.28. The molecule has 1 aromatic carbocycles. The number of nitrogens with one attached hydrogen (secondary N) is 1. The highest BCUT2D eigenvalue weighted by Gasteiger charge is 2.38. The first kappa shape index (κ1) is 17.3. The number of hydrogen-bond acceptors (Lipinski definition) is 6. The van der Waals surface area contributed by atoms with Gasteiger partial charge in [-0.25, -0.2) is 4.98 Å². The number of piperidine rings is 1. The maximum absolute atomic E-state index is 13.4. The van der Waals surface area contributed by atoms with Crippen LogP contribution in [0.1, 0.15) is 12.1 Å². The van der Waals surface area contributed by atoms with Gasteiger partial charge in [0.05, 0.1) is 21.9 Å². The number of halogens is 1.